The van der Waals surface area contributed by atoms with Gasteiger partial charge in [-0.1, -0.05) is 36.7 Å². The van der Waals surface area contributed by atoms with Gasteiger partial charge in [0.1, 0.15) is 0 Å². The molecule has 19 heavy (non-hydrogen) atoms. The predicted molar refractivity (Wildman–Crippen MR) is 84.7 cm³/mol. The van der Waals surface area contributed by atoms with Crippen molar-refractivity contribution in [2.45, 2.75) is 58.2 Å². The van der Waals surface area contributed by atoms with Crippen LogP contribution in [-0.4, -0.2) is 14.6 Å². The van der Waals surface area contributed by atoms with Crippen molar-refractivity contribution < 1.29 is 0 Å². The molecule has 0 spiro atoms. The minimum absolute atomic E-state index is 0.438. The lowest BCUT2D eigenvalue weighted by atomic mass is 9.68. The van der Waals surface area contributed by atoms with Gasteiger partial charge < -0.3 is 0 Å². The molecule has 0 aliphatic heterocycles. The summed E-state index contributed by atoms with van der Waals surface area (Å²) in [4.78, 5) is 0.668. The molecule has 0 amide bonds. The number of alkyl halides is 1. The van der Waals surface area contributed by atoms with Crippen molar-refractivity contribution in [2.75, 3.05) is 0 Å². The van der Waals surface area contributed by atoms with Crippen LogP contribution in [0.1, 0.15) is 51.4 Å². The molecule has 2 nitrogen and oxygen atoms in total. The first kappa shape index (κ1) is 15.1. The number of halogens is 1. The Morgan fingerprint density at radius 3 is 2.58 bits per heavy atom. The fourth-order valence-electron chi connectivity index (χ4n) is 3.35. The van der Waals surface area contributed by atoms with Gasteiger partial charge in [0.25, 0.3) is 0 Å². The zero-order valence-electron chi connectivity index (χ0n) is 12.9. The molecule has 1 aliphatic carbocycles. The van der Waals surface area contributed by atoms with Gasteiger partial charge in [0.2, 0.25) is 0 Å². The molecule has 1 aromatic rings. The summed E-state index contributed by atoms with van der Waals surface area (Å²) in [5, 5.41) is 4.47. The summed E-state index contributed by atoms with van der Waals surface area (Å²) in [6, 6.07) is 2.24. The highest BCUT2D eigenvalue weighted by Gasteiger charge is 2.35. The molecule has 1 fully saturated rings. The van der Waals surface area contributed by atoms with Crippen LogP contribution >= 0.6 is 15.9 Å². The van der Waals surface area contributed by atoms with Crippen LogP contribution in [0.25, 0.3) is 0 Å². The van der Waals surface area contributed by atoms with Crippen molar-refractivity contribution >= 4 is 15.9 Å². The largest absolute Gasteiger partial charge is 0.272 e. The van der Waals surface area contributed by atoms with Crippen LogP contribution in [0, 0.1) is 24.2 Å². The molecular formula is C16H27BrN2. The van der Waals surface area contributed by atoms with Gasteiger partial charge in [-0.15, -0.1) is 0 Å². The van der Waals surface area contributed by atoms with E-state index in [2.05, 4.69) is 66.5 Å². The second-order valence-corrected chi connectivity index (χ2v) is 8.43. The molecule has 1 saturated carbocycles. The Morgan fingerprint density at radius 1 is 1.37 bits per heavy atom. The van der Waals surface area contributed by atoms with Gasteiger partial charge in [-0.25, -0.2) is 0 Å². The summed E-state index contributed by atoms with van der Waals surface area (Å²) in [5.41, 5.74) is 2.95. The van der Waals surface area contributed by atoms with Gasteiger partial charge in [-0.2, -0.15) is 5.10 Å². The van der Waals surface area contributed by atoms with Crippen molar-refractivity contribution in [1.29, 1.82) is 0 Å². The molecule has 3 unspecified atom stereocenters. The first-order valence-electron chi connectivity index (χ1n) is 7.41. The van der Waals surface area contributed by atoms with Crippen LogP contribution in [0.2, 0.25) is 0 Å². The smallest absolute Gasteiger partial charge is 0.0596 e. The number of aromatic nitrogens is 2. The van der Waals surface area contributed by atoms with Crippen LogP contribution in [0.5, 0.6) is 0 Å². The van der Waals surface area contributed by atoms with E-state index in [1.54, 1.807) is 0 Å². The van der Waals surface area contributed by atoms with E-state index < -0.39 is 0 Å². The molecule has 0 saturated heterocycles. The van der Waals surface area contributed by atoms with Crippen molar-refractivity contribution in [2.24, 2.45) is 24.3 Å². The van der Waals surface area contributed by atoms with Gasteiger partial charge in [-0.05, 0) is 55.9 Å². The predicted octanol–water partition coefficient (Wildman–Crippen LogP) is 4.50. The second kappa shape index (κ2) is 5.59. The van der Waals surface area contributed by atoms with Crippen LogP contribution < -0.4 is 0 Å². The highest BCUT2D eigenvalue weighted by atomic mass is 79.9. The topological polar surface area (TPSA) is 17.8 Å². The minimum Gasteiger partial charge on any atom is -0.272 e. The van der Waals surface area contributed by atoms with E-state index in [4.69, 9.17) is 0 Å². The number of aryl methyl sites for hydroxylation is 2. The molecule has 0 aromatic carbocycles. The van der Waals surface area contributed by atoms with Crippen LogP contribution in [0.4, 0.5) is 0 Å². The lowest BCUT2D eigenvalue weighted by Crippen LogP contribution is -2.33. The maximum absolute atomic E-state index is 4.47. The highest BCUT2D eigenvalue weighted by Crippen LogP contribution is 2.43. The molecule has 0 bridgehead atoms. The van der Waals surface area contributed by atoms with Gasteiger partial charge in [0.15, 0.2) is 0 Å². The molecule has 3 atom stereocenters. The Balaban J connectivity index is 2.07. The summed E-state index contributed by atoms with van der Waals surface area (Å²) < 4.78 is 2.05. The molecule has 0 radical (unpaired) electrons. The molecular weight excluding hydrogens is 300 g/mol. The van der Waals surface area contributed by atoms with E-state index in [1.807, 2.05) is 0 Å². The van der Waals surface area contributed by atoms with E-state index >= 15 is 0 Å². The number of hydrogen-bond acceptors (Lipinski definition) is 1. The Morgan fingerprint density at radius 2 is 2.05 bits per heavy atom. The Bertz CT molecular complexity index is 430. The van der Waals surface area contributed by atoms with Crippen molar-refractivity contribution in [1.82, 2.24) is 9.78 Å². The fourth-order valence-corrected chi connectivity index (χ4v) is 4.02. The van der Waals surface area contributed by atoms with Gasteiger partial charge in [0, 0.05) is 17.6 Å². The van der Waals surface area contributed by atoms with Crippen molar-refractivity contribution in [3.63, 3.8) is 0 Å². The van der Waals surface area contributed by atoms with E-state index in [9.17, 15) is 0 Å². The molecule has 0 N–H and O–H groups in total. The Labute approximate surface area is 126 Å². The van der Waals surface area contributed by atoms with Crippen molar-refractivity contribution in [3.05, 3.63) is 17.5 Å². The second-order valence-electron chi connectivity index (χ2n) is 7.26. The summed E-state index contributed by atoms with van der Waals surface area (Å²) in [7, 11) is 2.07. The molecule has 1 aliphatic rings. The molecule has 1 heterocycles. The lowest BCUT2D eigenvalue weighted by molar-refractivity contribution is 0.146. The zero-order chi connectivity index (χ0) is 14.2. The third-order valence-electron chi connectivity index (χ3n) is 4.68. The average Bonchev–Trinajstić information content (AvgIpc) is 2.59. The summed E-state index contributed by atoms with van der Waals surface area (Å²) >= 11 is 3.91. The highest BCUT2D eigenvalue weighted by molar-refractivity contribution is 9.09. The Hall–Kier alpha value is -0.310. The van der Waals surface area contributed by atoms with E-state index in [0.717, 1.165) is 24.0 Å². The standard InChI is InChI=1S/C16H27BrN2/c1-11-8-14(19(5)18-11)10-12-9-13(16(2,3)4)6-7-15(12)17/h8,12-13,15H,6-7,9-10H2,1-5H3. The number of rotatable bonds is 2. The lowest BCUT2D eigenvalue weighted by Gasteiger charge is -2.40. The van der Waals surface area contributed by atoms with Crippen LogP contribution in [0.3, 0.4) is 0 Å². The third-order valence-corrected chi connectivity index (χ3v) is 5.89. The van der Waals surface area contributed by atoms with Crippen LogP contribution in [0.15, 0.2) is 6.07 Å². The normalized spacial score (nSPS) is 28.6. The fraction of sp³-hybridized carbons (Fsp3) is 0.812. The number of hydrogen-bond donors (Lipinski definition) is 0. The quantitative estimate of drug-likeness (QED) is 0.732. The zero-order valence-corrected chi connectivity index (χ0v) is 14.5. The Kier molecular flexibility index (Phi) is 4.44. The summed E-state index contributed by atoms with van der Waals surface area (Å²) in [6.07, 6.45) is 5.16. The maximum atomic E-state index is 4.47. The molecule has 1 aromatic heterocycles. The minimum atomic E-state index is 0.438. The molecule has 3 heteroatoms. The SMILES string of the molecule is Cc1cc(CC2CC(C(C)(C)C)CCC2Br)n(C)n1. The summed E-state index contributed by atoms with van der Waals surface area (Å²) in [6.45, 7) is 9.24. The number of nitrogens with zero attached hydrogens (tertiary/aromatic N) is 2. The molecule has 108 valence electrons. The molecule has 2 rings (SSSR count). The van der Waals surface area contributed by atoms with E-state index in [-0.39, 0.29) is 0 Å². The third kappa shape index (κ3) is 3.62. The van der Waals surface area contributed by atoms with Crippen LogP contribution in [-0.2, 0) is 13.5 Å². The van der Waals surface area contributed by atoms with Crippen molar-refractivity contribution in [3.8, 4) is 0 Å². The van der Waals surface area contributed by atoms with E-state index in [0.29, 0.717) is 10.2 Å². The maximum Gasteiger partial charge on any atom is 0.0596 e. The monoisotopic (exact) mass is 326 g/mol. The first-order chi connectivity index (χ1) is 8.77. The van der Waals surface area contributed by atoms with Gasteiger partial charge in [0.05, 0.1) is 5.69 Å². The first-order valence-corrected chi connectivity index (χ1v) is 8.32. The van der Waals surface area contributed by atoms with E-state index in [1.165, 1.54) is 25.0 Å². The summed E-state index contributed by atoms with van der Waals surface area (Å²) in [5.74, 6) is 1.59. The van der Waals surface area contributed by atoms with Gasteiger partial charge in [-0.3, -0.25) is 4.68 Å². The average molecular weight is 327 g/mol. The van der Waals surface area contributed by atoms with Gasteiger partial charge >= 0.3 is 0 Å².